The largest absolute Gasteiger partial charge is 0.433 e. The number of hydrogen-bond donors (Lipinski definition) is 0. The molecule has 0 aliphatic heterocycles. The zero-order valence-corrected chi connectivity index (χ0v) is 16.5. The number of nitrogens with zero attached hydrogens (tertiary/aromatic N) is 1. The van der Waals surface area contributed by atoms with E-state index in [1.54, 1.807) is 0 Å². The molecule has 2 aliphatic carbocycles. The van der Waals surface area contributed by atoms with E-state index in [0.29, 0.717) is 5.92 Å². The van der Waals surface area contributed by atoms with Gasteiger partial charge in [0.05, 0.1) is 12.1 Å². The van der Waals surface area contributed by atoms with Gasteiger partial charge in [0.15, 0.2) is 0 Å². The Morgan fingerprint density at radius 1 is 1.04 bits per heavy atom. The fraction of sp³-hybridized carbons (Fsp3) is 0.727. The Labute approximate surface area is 165 Å². The van der Waals surface area contributed by atoms with Crippen LogP contribution in [0.15, 0.2) is 18.3 Å². The fourth-order valence-electron chi connectivity index (χ4n) is 4.99. The second-order valence-electron chi connectivity index (χ2n) is 8.48. The molecular formula is C22H30F3NO2. The van der Waals surface area contributed by atoms with Gasteiger partial charge in [0, 0.05) is 0 Å². The van der Waals surface area contributed by atoms with Gasteiger partial charge in [-0.05, 0) is 68.4 Å². The molecule has 28 heavy (non-hydrogen) atoms. The van der Waals surface area contributed by atoms with Crippen molar-refractivity contribution in [3.8, 4) is 5.75 Å². The molecule has 156 valence electrons. The maximum Gasteiger partial charge on any atom is 0.433 e. The van der Waals surface area contributed by atoms with E-state index in [9.17, 15) is 18.0 Å². The topological polar surface area (TPSA) is 39.2 Å². The van der Waals surface area contributed by atoms with E-state index in [4.69, 9.17) is 4.74 Å². The smallest absolute Gasteiger partial charge is 0.425 e. The summed E-state index contributed by atoms with van der Waals surface area (Å²) in [7, 11) is 0. The highest BCUT2D eigenvalue weighted by Gasteiger charge is 2.34. The van der Waals surface area contributed by atoms with Crippen molar-refractivity contribution in [3.63, 3.8) is 0 Å². The van der Waals surface area contributed by atoms with Crippen LogP contribution in [0.2, 0.25) is 0 Å². The average molecular weight is 397 g/mol. The Kier molecular flexibility index (Phi) is 7.00. The third kappa shape index (κ3) is 5.48. The van der Waals surface area contributed by atoms with Gasteiger partial charge in [0.1, 0.15) is 11.4 Å². The molecule has 2 fully saturated rings. The summed E-state index contributed by atoms with van der Waals surface area (Å²) in [5.41, 5.74) is -0.985. The van der Waals surface area contributed by atoms with Crippen molar-refractivity contribution in [1.29, 1.82) is 0 Å². The zero-order valence-electron chi connectivity index (χ0n) is 16.5. The van der Waals surface area contributed by atoms with Crippen LogP contribution in [-0.4, -0.2) is 11.0 Å². The second-order valence-corrected chi connectivity index (χ2v) is 8.48. The van der Waals surface area contributed by atoms with E-state index >= 15 is 0 Å². The molecule has 0 N–H and O–H groups in total. The van der Waals surface area contributed by atoms with Gasteiger partial charge in [-0.2, -0.15) is 13.2 Å². The summed E-state index contributed by atoms with van der Waals surface area (Å²) < 4.78 is 42.9. The first-order valence-electron chi connectivity index (χ1n) is 10.6. The lowest BCUT2D eigenvalue weighted by Gasteiger charge is -2.37. The summed E-state index contributed by atoms with van der Waals surface area (Å²) in [6.45, 7) is 2.26. The predicted octanol–water partition coefficient (Wildman–Crippen LogP) is 6.42. The predicted molar refractivity (Wildman–Crippen MR) is 101 cm³/mol. The third-order valence-corrected chi connectivity index (χ3v) is 6.61. The Balaban J connectivity index is 1.44. The maximum atomic E-state index is 12.6. The molecule has 1 aromatic heterocycles. The monoisotopic (exact) mass is 397 g/mol. The van der Waals surface area contributed by atoms with Crippen LogP contribution in [0.1, 0.15) is 76.8 Å². The molecule has 0 atom stereocenters. The molecule has 0 radical (unpaired) electrons. The molecule has 1 heterocycles. The number of ether oxygens (including phenoxy) is 1. The van der Waals surface area contributed by atoms with Crippen LogP contribution >= 0.6 is 0 Å². The van der Waals surface area contributed by atoms with Gasteiger partial charge in [-0.3, -0.25) is 4.79 Å². The fourth-order valence-corrected chi connectivity index (χ4v) is 4.99. The normalized spacial score (nSPS) is 28.7. The van der Waals surface area contributed by atoms with Gasteiger partial charge < -0.3 is 4.74 Å². The van der Waals surface area contributed by atoms with Crippen molar-refractivity contribution in [2.45, 2.75) is 77.3 Å². The number of halogens is 3. The quantitative estimate of drug-likeness (QED) is 0.538. The van der Waals surface area contributed by atoms with Crippen LogP contribution in [0.4, 0.5) is 13.2 Å². The number of carbonyl (C=O) groups excluding carboxylic acids is 1. The lowest BCUT2D eigenvalue weighted by atomic mass is 9.69. The molecule has 0 bridgehead atoms. The number of alkyl halides is 3. The molecule has 0 aromatic carbocycles. The first kappa shape index (κ1) is 21.1. The molecule has 2 aliphatic rings. The first-order valence-corrected chi connectivity index (χ1v) is 10.6. The van der Waals surface area contributed by atoms with E-state index in [1.807, 2.05) is 0 Å². The van der Waals surface area contributed by atoms with Crippen molar-refractivity contribution < 1.29 is 22.7 Å². The van der Waals surface area contributed by atoms with E-state index in [-0.39, 0.29) is 17.6 Å². The molecule has 3 nitrogen and oxygen atoms in total. The molecule has 1 aromatic rings. The van der Waals surface area contributed by atoms with Gasteiger partial charge in [-0.15, -0.1) is 0 Å². The summed E-state index contributed by atoms with van der Waals surface area (Å²) in [6.07, 6.45) is 8.17. The van der Waals surface area contributed by atoms with E-state index in [0.717, 1.165) is 55.8 Å². The highest BCUT2D eigenvalue weighted by Crippen LogP contribution is 2.42. The minimum absolute atomic E-state index is 0.0781. The van der Waals surface area contributed by atoms with Crippen molar-refractivity contribution in [2.75, 3.05) is 0 Å². The third-order valence-electron chi connectivity index (χ3n) is 6.61. The molecular weight excluding hydrogens is 367 g/mol. The number of rotatable bonds is 5. The minimum atomic E-state index is -4.49. The molecule has 2 saturated carbocycles. The minimum Gasteiger partial charge on any atom is -0.425 e. The molecule has 0 unspecified atom stereocenters. The zero-order chi connectivity index (χ0) is 20.1. The number of hydrogen-bond acceptors (Lipinski definition) is 3. The van der Waals surface area contributed by atoms with Gasteiger partial charge in [-0.25, -0.2) is 4.98 Å². The number of pyridine rings is 1. The van der Waals surface area contributed by atoms with Crippen LogP contribution < -0.4 is 4.74 Å². The van der Waals surface area contributed by atoms with Crippen molar-refractivity contribution in [1.82, 2.24) is 4.98 Å². The Morgan fingerprint density at radius 3 is 2.14 bits per heavy atom. The standard InChI is InChI=1S/C22H30F3NO2/c1-2-3-15-4-6-16(7-5-15)17-8-10-18(11-9-17)21(27)28-19-12-13-20(26-14-19)22(23,24)25/h12-18H,2-11H2,1H3/t15-,16-,17?,18?. The summed E-state index contributed by atoms with van der Waals surface area (Å²) in [4.78, 5) is 15.7. The molecule has 0 spiro atoms. The SMILES string of the molecule is CCC[C@H]1CC[C@H](C2CCC(C(=O)Oc3ccc(C(F)(F)F)nc3)CC2)CC1. The maximum absolute atomic E-state index is 12.6. The lowest BCUT2D eigenvalue weighted by molar-refractivity contribution is -0.141. The summed E-state index contributed by atoms with van der Waals surface area (Å²) >= 11 is 0. The van der Waals surface area contributed by atoms with Gasteiger partial charge in [-0.1, -0.05) is 32.6 Å². The van der Waals surface area contributed by atoms with Crippen LogP contribution in [0.3, 0.4) is 0 Å². The van der Waals surface area contributed by atoms with E-state index in [2.05, 4.69) is 11.9 Å². The van der Waals surface area contributed by atoms with E-state index < -0.39 is 11.9 Å². The van der Waals surface area contributed by atoms with Crippen molar-refractivity contribution in [3.05, 3.63) is 24.0 Å². The van der Waals surface area contributed by atoms with E-state index in [1.165, 1.54) is 38.5 Å². The lowest BCUT2D eigenvalue weighted by Crippen LogP contribution is -2.30. The van der Waals surface area contributed by atoms with Crippen LogP contribution in [-0.2, 0) is 11.0 Å². The first-order chi connectivity index (χ1) is 13.4. The Hall–Kier alpha value is -1.59. The highest BCUT2D eigenvalue weighted by molar-refractivity contribution is 5.75. The van der Waals surface area contributed by atoms with Crippen LogP contribution in [0.5, 0.6) is 5.75 Å². The molecule has 6 heteroatoms. The van der Waals surface area contributed by atoms with Gasteiger partial charge in [0.25, 0.3) is 0 Å². The summed E-state index contributed by atoms with van der Waals surface area (Å²) in [6, 6.07) is 2.00. The Morgan fingerprint density at radius 2 is 1.64 bits per heavy atom. The average Bonchev–Trinajstić information content (AvgIpc) is 2.69. The van der Waals surface area contributed by atoms with Gasteiger partial charge >= 0.3 is 12.1 Å². The summed E-state index contributed by atoms with van der Waals surface area (Å²) in [5.74, 6) is 1.99. The summed E-state index contributed by atoms with van der Waals surface area (Å²) in [5, 5.41) is 0. The molecule has 0 amide bonds. The van der Waals surface area contributed by atoms with Crippen LogP contribution in [0.25, 0.3) is 0 Å². The second kappa shape index (κ2) is 9.27. The Bertz CT molecular complexity index is 628. The van der Waals surface area contributed by atoms with Crippen molar-refractivity contribution >= 4 is 5.97 Å². The number of esters is 1. The van der Waals surface area contributed by atoms with Crippen molar-refractivity contribution in [2.24, 2.45) is 23.7 Å². The highest BCUT2D eigenvalue weighted by atomic mass is 19.4. The number of aromatic nitrogens is 1. The molecule has 0 saturated heterocycles. The van der Waals surface area contributed by atoms with Crippen LogP contribution in [0, 0.1) is 23.7 Å². The number of carbonyl (C=O) groups is 1. The molecule has 3 rings (SSSR count). The van der Waals surface area contributed by atoms with Gasteiger partial charge in [0.2, 0.25) is 0 Å².